The molecule has 0 radical (unpaired) electrons. The molecule has 1 aliphatic rings. The van der Waals surface area contributed by atoms with Gasteiger partial charge < -0.3 is 15.4 Å². The Morgan fingerprint density at radius 1 is 1.19 bits per heavy atom. The van der Waals surface area contributed by atoms with Crippen molar-refractivity contribution in [3.63, 3.8) is 0 Å². The minimum Gasteiger partial charge on any atom is -0.466 e. The Bertz CT molecular complexity index is 1030. The number of hydrogen-bond donors (Lipinski definition) is 2. The number of nitrogens with one attached hydrogen (secondary N) is 2. The first-order valence-electron chi connectivity index (χ1n) is 9.89. The molecule has 2 aromatic carbocycles. The zero-order chi connectivity index (χ0) is 22.5. The van der Waals surface area contributed by atoms with Crippen LogP contribution in [0.4, 0.5) is 10.5 Å². The molecule has 1 aliphatic heterocycles. The van der Waals surface area contributed by atoms with Crippen LogP contribution in [0, 0.1) is 0 Å². The van der Waals surface area contributed by atoms with Crippen LogP contribution in [0.15, 0.2) is 59.8 Å². The standard InChI is InChI=1S/C23H24ClN3O4/c1-4-12-27-14(2)19(22(29)31-3)20(26-23(27)30)15-8-10-18(11-9-15)25-21(28)16-6-5-7-17(24)13-16/h5-11,13,20H,4,12H2,1-3H3,(H,25,28)(H,26,30). The summed E-state index contributed by atoms with van der Waals surface area (Å²) in [5, 5.41) is 6.16. The summed E-state index contributed by atoms with van der Waals surface area (Å²) in [7, 11) is 1.31. The third kappa shape index (κ3) is 4.88. The Balaban J connectivity index is 1.85. The molecule has 1 heterocycles. The van der Waals surface area contributed by atoms with Crippen LogP contribution in [-0.2, 0) is 9.53 Å². The molecule has 0 saturated carbocycles. The van der Waals surface area contributed by atoms with Crippen molar-refractivity contribution in [3.8, 4) is 0 Å². The minimum atomic E-state index is -0.647. The van der Waals surface area contributed by atoms with Gasteiger partial charge in [-0.2, -0.15) is 0 Å². The number of rotatable bonds is 6. The van der Waals surface area contributed by atoms with Gasteiger partial charge in [-0.25, -0.2) is 9.59 Å². The Morgan fingerprint density at radius 2 is 1.90 bits per heavy atom. The van der Waals surface area contributed by atoms with Crippen molar-refractivity contribution in [1.29, 1.82) is 0 Å². The highest BCUT2D eigenvalue weighted by Gasteiger charge is 2.35. The number of nitrogens with zero attached hydrogens (tertiary/aromatic N) is 1. The molecule has 2 N–H and O–H groups in total. The summed E-state index contributed by atoms with van der Waals surface area (Å²) in [4.78, 5) is 39.0. The molecule has 162 valence electrons. The Hall–Kier alpha value is -3.32. The third-order valence-corrected chi connectivity index (χ3v) is 5.27. The first-order chi connectivity index (χ1) is 14.8. The number of esters is 1. The van der Waals surface area contributed by atoms with E-state index in [4.69, 9.17) is 16.3 Å². The maximum atomic E-state index is 12.6. The fourth-order valence-electron chi connectivity index (χ4n) is 3.49. The lowest BCUT2D eigenvalue weighted by atomic mass is 9.94. The van der Waals surface area contributed by atoms with E-state index in [1.807, 2.05) is 6.92 Å². The molecule has 2 aromatic rings. The van der Waals surface area contributed by atoms with Crippen LogP contribution in [0.1, 0.15) is 42.2 Å². The van der Waals surface area contributed by atoms with Gasteiger partial charge in [0.05, 0.1) is 18.7 Å². The lowest BCUT2D eigenvalue weighted by Crippen LogP contribution is -2.48. The SMILES string of the molecule is CCCN1C(=O)NC(c2ccc(NC(=O)c3cccc(Cl)c3)cc2)C(C(=O)OC)=C1C. The van der Waals surface area contributed by atoms with Gasteiger partial charge in [0.15, 0.2) is 0 Å². The number of halogens is 1. The average molecular weight is 442 g/mol. The second-order valence-corrected chi connectivity index (χ2v) is 7.55. The summed E-state index contributed by atoms with van der Waals surface area (Å²) in [5.74, 6) is -0.788. The molecule has 7 nitrogen and oxygen atoms in total. The van der Waals surface area contributed by atoms with Gasteiger partial charge in [0.1, 0.15) is 0 Å². The number of ether oxygens (including phenoxy) is 1. The van der Waals surface area contributed by atoms with E-state index in [0.29, 0.717) is 39.7 Å². The van der Waals surface area contributed by atoms with Crippen LogP contribution in [0.5, 0.6) is 0 Å². The highest BCUT2D eigenvalue weighted by molar-refractivity contribution is 6.31. The molecule has 0 aliphatic carbocycles. The maximum Gasteiger partial charge on any atom is 0.337 e. The van der Waals surface area contributed by atoms with E-state index >= 15 is 0 Å². The first-order valence-corrected chi connectivity index (χ1v) is 10.3. The van der Waals surface area contributed by atoms with E-state index in [-0.39, 0.29) is 11.9 Å². The number of amides is 3. The van der Waals surface area contributed by atoms with Crippen LogP contribution >= 0.6 is 11.6 Å². The second-order valence-electron chi connectivity index (χ2n) is 7.11. The van der Waals surface area contributed by atoms with Crippen molar-refractivity contribution < 1.29 is 19.1 Å². The summed E-state index contributed by atoms with van der Waals surface area (Å²) in [6.45, 7) is 4.20. The van der Waals surface area contributed by atoms with Crippen LogP contribution in [0.2, 0.25) is 5.02 Å². The van der Waals surface area contributed by atoms with Gasteiger partial charge in [-0.1, -0.05) is 36.7 Å². The van der Waals surface area contributed by atoms with Crippen molar-refractivity contribution in [2.45, 2.75) is 26.3 Å². The number of allylic oxidation sites excluding steroid dienone is 1. The molecular formula is C23H24ClN3O4. The number of anilines is 1. The largest absolute Gasteiger partial charge is 0.466 e. The van der Waals surface area contributed by atoms with Gasteiger partial charge in [-0.05, 0) is 49.2 Å². The highest BCUT2D eigenvalue weighted by atomic mass is 35.5. The molecule has 0 aromatic heterocycles. The van der Waals surface area contributed by atoms with Gasteiger partial charge in [-0.15, -0.1) is 0 Å². The summed E-state index contributed by atoms with van der Waals surface area (Å²) >= 11 is 5.94. The van der Waals surface area contributed by atoms with Crippen molar-refractivity contribution in [2.75, 3.05) is 19.0 Å². The maximum absolute atomic E-state index is 12.6. The van der Waals surface area contributed by atoms with Gasteiger partial charge in [0.25, 0.3) is 5.91 Å². The van der Waals surface area contributed by atoms with Crippen molar-refractivity contribution in [2.24, 2.45) is 0 Å². The minimum absolute atomic E-state index is 0.268. The number of urea groups is 1. The molecule has 1 atom stereocenters. The number of methoxy groups -OCH3 is 1. The molecular weight excluding hydrogens is 418 g/mol. The van der Waals surface area contributed by atoms with Crippen LogP contribution in [-0.4, -0.2) is 36.5 Å². The van der Waals surface area contributed by atoms with Gasteiger partial charge in [-0.3, -0.25) is 9.69 Å². The lowest BCUT2D eigenvalue weighted by Gasteiger charge is -2.35. The van der Waals surface area contributed by atoms with Crippen molar-refractivity contribution in [1.82, 2.24) is 10.2 Å². The summed E-state index contributed by atoms with van der Waals surface area (Å²) in [5.41, 5.74) is 2.67. The number of hydrogen-bond acceptors (Lipinski definition) is 4. The summed E-state index contributed by atoms with van der Waals surface area (Å²) < 4.78 is 4.97. The van der Waals surface area contributed by atoms with E-state index in [1.54, 1.807) is 60.4 Å². The van der Waals surface area contributed by atoms with Gasteiger partial charge in [0.2, 0.25) is 0 Å². The van der Waals surface area contributed by atoms with Gasteiger partial charge >= 0.3 is 12.0 Å². The first kappa shape index (κ1) is 22.4. The predicted molar refractivity (Wildman–Crippen MR) is 119 cm³/mol. The zero-order valence-corrected chi connectivity index (χ0v) is 18.3. The highest BCUT2D eigenvalue weighted by Crippen LogP contribution is 2.32. The van der Waals surface area contributed by atoms with Crippen LogP contribution < -0.4 is 10.6 Å². The van der Waals surface area contributed by atoms with Gasteiger partial charge in [0, 0.05) is 28.5 Å². The summed E-state index contributed by atoms with van der Waals surface area (Å²) in [6.07, 6.45) is 0.755. The van der Waals surface area contributed by atoms with E-state index < -0.39 is 12.0 Å². The van der Waals surface area contributed by atoms with E-state index in [9.17, 15) is 14.4 Å². The monoisotopic (exact) mass is 441 g/mol. The number of carbonyl (C=O) groups is 3. The number of benzene rings is 2. The number of carbonyl (C=O) groups excluding carboxylic acids is 3. The Kier molecular flexibility index (Phi) is 6.97. The topological polar surface area (TPSA) is 87.7 Å². The van der Waals surface area contributed by atoms with Crippen molar-refractivity contribution >= 4 is 35.2 Å². The second kappa shape index (κ2) is 9.66. The van der Waals surface area contributed by atoms with Crippen molar-refractivity contribution in [3.05, 3.63) is 76.0 Å². The van der Waals surface area contributed by atoms with E-state index in [2.05, 4.69) is 10.6 Å². The molecule has 0 bridgehead atoms. The predicted octanol–water partition coefficient (Wildman–Crippen LogP) is 4.52. The average Bonchev–Trinajstić information content (AvgIpc) is 2.76. The molecule has 8 heteroatoms. The fraction of sp³-hybridized carbons (Fsp3) is 0.261. The van der Waals surface area contributed by atoms with Crippen LogP contribution in [0.25, 0.3) is 0 Å². The lowest BCUT2D eigenvalue weighted by molar-refractivity contribution is -0.136. The van der Waals surface area contributed by atoms with E-state index in [0.717, 1.165) is 6.42 Å². The molecule has 0 fully saturated rings. The normalized spacial score (nSPS) is 16.1. The summed E-state index contributed by atoms with van der Waals surface area (Å²) in [6, 6.07) is 12.7. The zero-order valence-electron chi connectivity index (χ0n) is 17.6. The molecule has 0 spiro atoms. The molecule has 31 heavy (non-hydrogen) atoms. The molecule has 0 saturated heterocycles. The quantitative estimate of drug-likeness (QED) is 0.645. The molecule has 1 unspecified atom stereocenters. The fourth-order valence-corrected chi connectivity index (χ4v) is 3.68. The Labute approximate surface area is 186 Å². The Morgan fingerprint density at radius 3 is 2.52 bits per heavy atom. The molecule has 3 rings (SSSR count). The smallest absolute Gasteiger partial charge is 0.337 e. The van der Waals surface area contributed by atoms with Crippen LogP contribution in [0.3, 0.4) is 0 Å². The molecule has 3 amide bonds. The van der Waals surface area contributed by atoms with E-state index in [1.165, 1.54) is 7.11 Å². The third-order valence-electron chi connectivity index (χ3n) is 5.04.